The fourth-order valence-electron chi connectivity index (χ4n) is 1.54. The Kier molecular flexibility index (Phi) is 4.60. The van der Waals surface area contributed by atoms with Crippen LogP contribution in [0.15, 0.2) is 10.8 Å². The van der Waals surface area contributed by atoms with E-state index in [0.717, 1.165) is 24.4 Å². The standard InChI is InChI=1S/C15H28N2O/c1-11(14(2,3)4)8-13-12(16-10-18-13)9-17-15(5,6)7/h10-11,17H,8-9H2,1-7H3. The van der Waals surface area contributed by atoms with E-state index >= 15 is 0 Å². The quantitative estimate of drug-likeness (QED) is 0.886. The first-order valence-corrected chi connectivity index (χ1v) is 6.76. The fourth-order valence-corrected chi connectivity index (χ4v) is 1.54. The van der Waals surface area contributed by atoms with Crippen LogP contribution in [-0.4, -0.2) is 10.5 Å². The molecule has 0 aliphatic rings. The summed E-state index contributed by atoms with van der Waals surface area (Å²) in [5.41, 5.74) is 1.44. The number of rotatable bonds is 4. The molecule has 0 aliphatic heterocycles. The van der Waals surface area contributed by atoms with Gasteiger partial charge >= 0.3 is 0 Å². The Morgan fingerprint density at radius 2 is 1.83 bits per heavy atom. The summed E-state index contributed by atoms with van der Waals surface area (Å²) in [7, 11) is 0. The largest absolute Gasteiger partial charge is 0.448 e. The lowest BCUT2D eigenvalue weighted by Crippen LogP contribution is -2.35. The molecule has 1 rings (SSSR count). The third kappa shape index (κ3) is 4.81. The predicted octanol–water partition coefficient (Wildman–Crippen LogP) is 3.79. The van der Waals surface area contributed by atoms with Crippen molar-refractivity contribution in [1.29, 1.82) is 0 Å². The molecule has 1 aromatic rings. The zero-order valence-corrected chi connectivity index (χ0v) is 12.9. The molecular weight excluding hydrogens is 224 g/mol. The zero-order valence-electron chi connectivity index (χ0n) is 12.9. The smallest absolute Gasteiger partial charge is 0.181 e. The third-order valence-corrected chi connectivity index (χ3v) is 3.48. The maximum absolute atomic E-state index is 5.54. The van der Waals surface area contributed by atoms with E-state index in [-0.39, 0.29) is 5.54 Å². The van der Waals surface area contributed by atoms with Crippen LogP contribution >= 0.6 is 0 Å². The molecule has 1 heterocycles. The predicted molar refractivity (Wildman–Crippen MR) is 75.4 cm³/mol. The number of nitrogens with zero attached hydrogens (tertiary/aromatic N) is 1. The second-order valence-corrected chi connectivity index (χ2v) is 7.30. The molecule has 0 radical (unpaired) electrons. The first-order valence-electron chi connectivity index (χ1n) is 6.76. The van der Waals surface area contributed by atoms with Crippen LogP contribution in [0.4, 0.5) is 0 Å². The molecule has 1 unspecified atom stereocenters. The van der Waals surface area contributed by atoms with Crippen molar-refractivity contribution in [3.8, 4) is 0 Å². The number of hydrogen-bond donors (Lipinski definition) is 1. The van der Waals surface area contributed by atoms with Gasteiger partial charge in [-0.3, -0.25) is 0 Å². The van der Waals surface area contributed by atoms with Crippen LogP contribution in [0.25, 0.3) is 0 Å². The van der Waals surface area contributed by atoms with E-state index in [1.165, 1.54) is 0 Å². The molecule has 0 bridgehead atoms. The van der Waals surface area contributed by atoms with Gasteiger partial charge in [0, 0.05) is 18.5 Å². The van der Waals surface area contributed by atoms with Crippen molar-refractivity contribution in [2.45, 2.75) is 67.0 Å². The molecule has 0 spiro atoms. The van der Waals surface area contributed by atoms with Gasteiger partial charge in [-0.05, 0) is 32.1 Å². The van der Waals surface area contributed by atoms with E-state index in [4.69, 9.17) is 4.42 Å². The van der Waals surface area contributed by atoms with E-state index in [1.54, 1.807) is 6.39 Å². The van der Waals surface area contributed by atoms with Crippen molar-refractivity contribution < 1.29 is 4.42 Å². The molecular formula is C15H28N2O. The minimum absolute atomic E-state index is 0.103. The Balaban J connectivity index is 2.66. The average Bonchev–Trinajstić information content (AvgIpc) is 2.59. The van der Waals surface area contributed by atoms with Crippen LogP contribution in [0.3, 0.4) is 0 Å². The molecule has 18 heavy (non-hydrogen) atoms. The number of aromatic nitrogens is 1. The SMILES string of the molecule is CC(Cc1ocnc1CNC(C)(C)C)C(C)(C)C. The monoisotopic (exact) mass is 252 g/mol. The Morgan fingerprint density at radius 3 is 2.33 bits per heavy atom. The number of nitrogens with one attached hydrogen (secondary N) is 1. The first kappa shape index (κ1) is 15.2. The maximum atomic E-state index is 5.54. The lowest BCUT2D eigenvalue weighted by Gasteiger charge is -2.26. The summed E-state index contributed by atoms with van der Waals surface area (Å²) in [5, 5.41) is 3.45. The highest BCUT2D eigenvalue weighted by atomic mass is 16.3. The molecule has 1 aromatic heterocycles. The van der Waals surface area contributed by atoms with Gasteiger partial charge in [-0.1, -0.05) is 27.7 Å². The van der Waals surface area contributed by atoms with Crippen molar-refractivity contribution in [2.75, 3.05) is 0 Å². The molecule has 1 atom stereocenters. The summed E-state index contributed by atoms with van der Waals surface area (Å²) in [6, 6.07) is 0. The van der Waals surface area contributed by atoms with Gasteiger partial charge in [0.05, 0.1) is 5.69 Å². The Bertz CT molecular complexity index is 369. The topological polar surface area (TPSA) is 38.1 Å². The molecule has 0 fully saturated rings. The van der Waals surface area contributed by atoms with Gasteiger partial charge in [0.1, 0.15) is 5.76 Å². The molecule has 104 valence electrons. The van der Waals surface area contributed by atoms with E-state index in [9.17, 15) is 0 Å². The van der Waals surface area contributed by atoms with Crippen LogP contribution in [0.1, 0.15) is 59.9 Å². The highest BCUT2D eigenvalue weighted by Gasteiger charge is 2.23. The third-order valence-electron chi connectivity index (χ3n) is 3.48. The van der Waals surface area contributed by atoms with Gasteiger partial charge in [0.25, 0.3) is 0 Å². The van der Waals surface area contributed by atoms with Gasteiger partial charge in [-0.15, -0.1) is 0 Å². The van der Waals surface area contributed by atoms with Crippen molar-refractivity contribution in [1.82, 2.24) is 10.3 Å². The van der Waals surface area contributed by atoms with Crippen LogP contribution in [0.5, 0.6) is 0 Å². The Labute approximate surface area is 111 Å². The summed E-state index contributed by atoms with van der Waals surface area (Å²) in [6.45, 7) is 16.3. The summed E-state index contributed by atoms with van der Waals surface area (Å²) >= 11 is 0. The lowest BCUT2D eigenvalue weighted by molar-refractivity contribution is 0.246. The molecule has 0 aromatic carbocycles. The van der Waals surface area contributed by atoms with Crippen LogP contribution in [0, 0.1) is 11.3 Å². The maximum Gasteiger partial charge on any atom is 0.181 e. The summed E-state index contributed by atoms with van der Waals surface area (Å²) in [5.74, 6) is 1.59. The van der Waals surface area contributed by atoms with Gasteiger partial charge in [-0.25, -0.2) is 4.98 Å². The first-order chi connectivity index (χ1) is 8.09. The zero-order chi connectivity index (χ0) is 14.0. The van der Waals surface area contributed by atoms with Crippen LogP contribution < -0.4 is 5.32 Å². The molecule has 0 saturated carbocycles. The summed E-state index contributed by atoms with van der Waals surface area (Å²) in [4.78, 5) is 4.33. The minimum atomic E-state index is 0.103. The Morgan fingerprint density at radius 1 is 1.22 bits per heavy atom. The average molecular weight is 252 g/mol. The summed E-state index contributed by atoms with van der Waals surface area (Å²) in [6.07, 6.45) is 2.51. The van der Waals surface area contributed by atoms with Crippen molar-refractivity contribution in [3.05, 3.63) is 17.8 Å². The van der Waals surface area contributed by atoms with Crippen LogP contribution in [-0.2, 0) is 13.0 Å². The second-order valence-electron chi connectivity index (χ2n) is 7.30. The normalized spacial score (nSPS) is 14.8. The molecule has 0 amide bonds. The summed E-state index contributed by atoms with van der Waals surface area (Å²) < 4.78 is 5.54. The van der Waals surface area contributed by atoms with E-state index in [1.807, 2.05) is 0 Å². The van der Waals surface area contributed by atoms with Crippen LogP contribution in [0.2, 0.25) is 0 Å². The van der Waals surface area contributed by atoms with E-state index < -0.39 is 0 Å². The van der Waals surface area contributed by atoms with Crippen molar-refractivity contribution in [3.63, 3.8) is 0 Å². The van der Waals surface area contributed by atoms with Gasteiger partial charge in [0.15, 0.2) is 6.39 Å². The molecule has 3 nitrogen and oxygen atoms in total. The highest BCUT2D eigenvalue weighted by Crippen LogP contribution is 2.29. The molecule has 0 aliphatic carbocycles. The van der Waals surface area contributed by atoms with E-state index in [0.29, 0.717) is 11.3 Å². The Hall–Kier alpha value is -0.830. The number of oxazole rings is 1. The van der Waals surface area contributed by atoms with E-state index in [2.05, 4.69) is 58.8 Å². The van der Waals surface area contributed by atoms with Crippen molar-refractivity contribution >= 4 is 0 Å². The fraction of sp³-hybridized carbons (Fsp3) is 0.800. The molecule has 1 N–H and O–H groups in total. The highest BCUT2D eigenvalue weighted by molar-refractivity contribution is 5.08. The second kappa shape index (κ2) is 5.43. The molecule has 3 heteroatoms. The van der Waals surface area contributed by atoms with Gasteiger partial charge < -0.3 is 9.73 Å². The van der Waals surface area contributed by atoms with Crippen molar-refractivity contribution in [2.24, 2.45) is 11.3 Å². The molecule has 0 saturated heterocycles. The minimum Gasteiger partial charge on any atom is -0.448 e. The van der Waals surface area contributed by atoms with Gasteiger partial charge in [-0.2, -0.15) is 0 Å². The lowest BCUT2D eigenvalue weighted by atomic mass is 9.79. The number of hydrogen-bond acceptors (Lipinski definition) is 3. The van der Waals surface area contributed by atoms with Gasteiger partial charge in [0.2, 0.25) is 0 Å².